The highest BCUT2D eigenvalue weighted by Gasteiger charge is 2.25. The summed E-state index contributed by atoms with van der Waals surface area (Å²) in [5.74, 6) is 0.0613. The van der Waals surface area contributed by atoms with Gasteiger partial charge in [-0.05, 0) is 25.0 Å². The second-order valence-electron chi connectivity index (χ2n) is 3.18. The van der Waals surface area contributed by atoms with Gasteiger partial charge in [0.1, 0.15) is 0 Å². The summed E-state index contributed by atoms with van der Waals surface area (Å²) in [5.41, 5.74) is 0.484. The fourth-order valence-electron chi connectivity index (χ4n) is 1.16. The van der Waals surface area contributed by atoms with E-state index in [4.69, 9.17) is 4.74 Å². The van der Waals surface area contributed by atoms with Crippen LogP contribution in [0.25, 0.3) is 0 Å². The van der Waals surface area contributed by atoms with Crippen molar-refractivity contribution in [1.82, 2.24) is 0 Å². The van der Waals surface area contributed by atoms with E-state index in [1.54, 1.807) is 25.2 Å². The van der Waals surface area contributed by atoms with Crippen LogP contribution in [0.15, 0.2) is 18.2 Å². The van der Waals surface area contributed by atoms with Crippen molar-refractivity contribution in [3.8, 4) is 5.75 Å². The highest BCUT2D eigenvalue weighted by Crippen LogP contribution is 2.30. The standard InChI is InChI=1S/C10H12FNO/c1-12-8-3-2-4-9(10(8)11)13-7-5-6-7/h2-4,7,12H,5-6H2,1H3. The lowest BCUT2D eigenvalue weighted by atomic mass is 10.3. The maximum Gasteiger partial charge on any atom is 0.188 e. The summed E-state index contributed by atoms with van der Waals surface area (Å²) in [5, 5.41) is 2.77. The summed E-state index contributed by atoms with van der Waals surface area (Å²) in [6.07, 6.45) is 2.33. The highest BCUT2D eigenvalue weighted by atomic mass is 19.1. The van der Waals surface area contributed by atoms with E-state index < -0.39 is 0 Å². The van der Waals surface area contributed by atoms with Crippen LogP contribution in [0.1, 0.15) is 12.8 Å². The van der Waals surface area contributed by atoms with Gasteiger partial charge in [0.15, 0.2) is 11.6 Å². The molecule has 0 heterocycles. The van der Waals surface area contributed by atoms with E-state index in [0.29, 0.717) is 11.4 Å². The molecule has 1 fully saturated rings. The molecular weight excluding hydrogens is 169 g/mol. The molecule has 0 radical (unpaired) electrons. The van der Waals surface area contributed by atoms with Gasteiger partial charge in [-0.2, -0.15) is 0 Å². The monoisotopic (exact) mass is 181 g/mol. The molecule has 2 nitrogen and oxygen atoms in total. The molecule has 0 bridgehead atoms. The van der Waals surface area contributed by atoms with Crippen molar-refractivity contribution in [3.05, 3.63) is 24.0 Å². The van der Waals surface area contributed by atoms with Crippen LogP contribution in [-0.2, 0) is 0 Å². The first kappa shape index (κ1) is 8.35. The quantitative estimate of drug-likeness (QED) is 0.773. The van der Waals surface area contributed by atoms with Crippen molar-refractivity contribution in [2.24, 2.45) is 0 Å². The lowest BCUT2D eigenvalue weighted by Crippen LogP contribution is -2.00. The Balaban J connectivity index is 2.22. The smallest absolute Gasteiger partial charge is 0.188 e. The Morgan fingerprint density at radius 3 is 2.85 bits per heavy atom. The molecule has 1 aliphatic carbocycles. The van der Waals surface area contributed by atoms with Gasteiger partial charge in [-0.1, -0.05) is 6.07 Å². The van der Waals surface area contributed by atoms with Crippen molar-refractivity contribution in [1.29, 1.82) is 0 Å². The third kappa shape index (κ3) is 1.74. The molecule has 1 N–H and O–H groups in total. The van der Waals surface area contributed by atoms with Crippen molar-refractivity contribution in [2.45, 2.75) is 18.9 Å². The normalized spacial score (nSPS) is 15.5. The van der Waals surface area contributed by atoms with Crippen molar-refractivity contribution in [2.75, 3.05) is 12.4 Å². The molecule has 0 atom stereocenters. The first-order chi connectivity index (χ1) is 6.31. The molecule has 1 saturated carbocycles. The Labute approximate surface area is 76.7 Å². The number of rotatable bonds is 3. The fraction of sp³-hybridized carbons (Fsp3) is 0.400. The summed E-state index contributed by atoms with van der Waals surface area (Å²) in [7, 11) is 1.69. The van der Waals surface area contributed by atoms with Crippen LogP contribution in [0.2, 0.25) is 0 Å². The predicted octanol–water partition coefficient (Wildman–Crippen LogP) is 2.41. The average Bonchev–Trinajstić information content (AvgIpc) is 2.92. The molecule has 0 aromatic heterocycles. The number of benzene rings is 1. The molecule has 0 amide bonds. The van der Waals surface area contributed by atoms with Gasteiger partial charge < -0.3 is 10.1 Å². The van der Waals surface area contributed by atoms with Gasteiger partial charge in [-0.3, -0.25) is 0 Å². The molecule has 3 heteroatoms. The number of nitrogens with one attached hydrogen (secondary N) is 1. The van der Waals surface area contributed by atoms with Crippen molar-refractivity contribution >= 4 is 5.69 Å². The van der Waals surface area contributed by atoms with Gasteiger partial charge in [0.2, 0.25) is 0 Å². The van der Waals surface area contributed by atoms with Crippen LogP contribution < -0.4 is 10.1 Å². The lowest BCUT2D eigenvalue weighted by Gasteiger charge is -2.08. The molecule has 70 valence electrons. The van der Waals surface area contributed by atoms with E-state index >= 15 is 0 Å². The maximum absolute atomic E-state index is 13.5. The molecule has 0 saturated heterocycles. The lowest BCUT2D eigenvalue weighted by molar-refractivity contribution is 0.288. The topological polar surface area (TPSA) is 21.3 Å². The van der Waals surface area contributed by atoms with Crippen LogP contribution >= 0.6 is 0 Å². The van der Waals surface area contributed by atoms with Crippen LogP contribution in [0.4, 0.5) is 10.1 Å². The minimum atomic E-state index is -0.295. The molecule has 1 aromatic carbocycles. The fourth-order valence-corrected chi connectivity index (χ4v) is 1.16. The maximum atomic E-state index is 13.5. The third-order valence-electron chi connectivity index (χ3n) is 2.05. The zero-order chi connectivity index (χ0) is 9.26. The number of halogens is 1. The highest BCUT2D eigenvalue weighted by molar-refractivity contribution is 5.49. The summed E-state index contributed by atoms with van der Waals surface area (Å²) in [4.78, 5) is 0. The van der Waals surface area contributed by atoms with Gasteiger partial charge in [0.05, 0.1) is 11.8 Å². The predicted molar refractivity (Wildman–Crippen MR) is 49.6 cm³/mol. The minimum absolute atomic E-state index is 0.238. The number of hydrogen-bond donors (Lipinski definition) is 1. The Hall–Kier alpha value is -1.25. The summed E-state index contributed by atoms with van der Waals surface area (Å²) in [6.45, 7) is 0. The van der Waals surface area contributed by atoms with E-state index in [9.17, 15) is 4.39 Å². The molecular formula is C10H12FNO. The molecule has 13 heavy (non-hydrogen) atoms. The van der Waals surface area contributed by atoms with E-state index in [2.05, 4.69) is 5.32 Å². The van der Waals surface area contributed by atoms with Gasteiger partial charge >= 0.3 is 0 Å². The first-order valence-corrected chi connectivity index (χ1v) is 4.44. The third-order valence-corrected chi connectivity index (χ3v) is 2.05. The van der Waals surface area contributed by atoms with Gasteiger partial charge in [0, 0.05) is 7.05 Å². The van der Waals surface area contributed by atoms with E-state index in [1.165, 1.54) is 0 Å². The van der Waals surface area contributed by atoms with Crippen LogP contribution in [-0.4, -0.2) is 13.2 Å². The SMILES string of the molecule is CNc1cccc(OC2CC2)c1F. The Kier molecular flexibility index (Phi) is 2.08. The van der Waals surface area contributed by atoms with Gasteiger partial charge in [0.25, 0.3) is 0 Å². The van der Waals surface area contributed by atoms with Crippen molar-refractivity contribution in [3.63, 3.8) is 0 Å². The van der Waals surface area contributed by atoms with Gasteiger partial charge in [-0.25, -0.2) is 4.39 Å². The van der Waals surface area contributed by atoms with E-state index in [1.807, 2.05) is 0 Å². The van der Waals surface area contributed by atoms with Crippen LogP contribution in [0.5, 0.6) is 5.75 Å². The second-order valence-corrected chi connectivity index (χ2v) is 3.18. The largest absolute Gasteiger partial charge is 0.487 e. The Morgan fingerprint density at radius 2 is 2.23 bits per heavy atom. The number of ether oxygens (including phenoxy) is 1. The molecule has 1 aromatic rings. The number of hydrogen-bond acceptors (Lipinski definition) is 2. The molecule has 2 rings (SSSR count). The van der Waals surface area contributed by atoms with E-state index in [-0.39, 0.29) is 11.9 Å². The molecule has 1 aliphatic rings. The molecule has 0 spiro atoms. The van der Waals surface area contributed by atoms with Gasteiger partial charge in [-0.15, -0.1) is 0 Å². The Bertz CT molecular complexity index is 310. The van der Waals surface area contributed by atoms with Crippen molar-refractivity contribution < 1.29 is 9.13 Å². The first-order valence-electron chi connectivity index (χ1n) is 4.44. The zero-order valence-electron chi connectivity index (χ0n) is 7.51. The average molecular weight is 181 g/mol. The second kappa shape index (κ2) is 3.24. The molecule has 0 aliphatic heterocycles. The summed E-state index contributed by atoms with van der Waals surface area (Å²) < 4.78 is 18.9. The Morgan fingerprint density at radius 1 is 1.46 bits per heavy atom. The zero-order valence-corrected chi connectivity index (χ0v) is 7.51. The minimum Gasteiger partial charge on any atom is -0.487 e. The molecule has 0 unspecified atom stereocenters. The van der Waals surface area contributed by atoms with Crippen LogP contribution in [0, 0.1) is 5.82 Å². The summed E-state index contributed by atoms with van der Waals surface area (Å²) >= 11 is 0. The summed E-state index contributed by atoms with van der Waals surface area (Å²) in [6, 6.07) is 5.14. The number of anilines is 1. The van der Waals surface area contributed by atoms with E-state index in [0.717, 1.165) is 12.8 Å². The van der Waals surface area contributed by atoms with Crippen LogP contribution in [0.3, 0.4) is 0 Å².